The number of benzene rings is 1. The fraction of sp³-hybridized carbons (Fsp3) is 0.273. The van der Waals surface area contributed by atoms with Crippen LogP contribution in [0.15, 0.2) is 11.1 Å². The summed E-state index contributed by atoms with van der Waals surface area (Å²) >= 11 is 0. The van der Waals surface area contributed by atoms with Crippen LogP contribution in [0.3, 0.4) is 0 Å². The zero-order chi connectivity index (χ0) is 15.2. The molecule has 9 heteroatoms. The molecule has 0 aliphatic rings. The number of aromatic nitrogens is 1. The second kappa shape index (κ2) is 4.74. The highest BCUT2D eigenvalue weighted by Gasteiger charge is 2.28. The normalized spacial score (nSPS) is 12.6. The van der Waals surface area contributed by atoms with Crippen LogP contribution in [0, 0.1) is 23.3 Å². The van der Waals surface area contributed by atoms with Crippen molar-refractivity contribution in [2.24, 2.45) is 0 Å². The maximum absolute atomic E-state index is 13.7. The maximum Gasteiger partial charge on any atom is 0.243 e. The van der Waals surface area contributed by atoms with Gasteiger partial charge in [-0.1, -0.05) is 0 Å². The lowest BCUT2D eigenvalue weighted by Crippen LogP contribution is -2.30. The molecule has 0 saturated heterocycles. The quantitative estimate of drug-likeness (QED) is 0.519. The number of nitrogens with one attached hydrogen (secondary N) is 2. The van der Waals surface area contributed by atoms with Gasteiger partial charge in [0.25, 0.3) is 0 Å². The molecule has 0 aliphatic carbocycles. The van der Waals surface area contributed by atoms with E-state index < -0.39 is 55.1 Å². The monoisotopic (exact) mass is 310 g/mol. The van der Waals surface area contributed by atoms with Crippen LogP contribution in [0.2, 0.25) is 0 Å². The van der Waals surface area contributed by atoms with E-state index in [1.54, 1.807) is 0 Å². The lowest BCUT2D eigenvalue weighted by Gasteiger charge is -2.09. The molecule has 2 N–H and O–H groups in total. The van der Waals surface area contributed by atoms with Crippen LogP contribution in [-0.4, -0.2) is 19.4 Å². The molecule has 0 atom stereocenters. The van der Waals surface area contributed by atoms with Crippen molar-refractivity contribution in [3.05, 3.63) is 29.5 Å². The lowest BCUT2D eigenvalue weighted by atomic mass is 10.2. The molecule has 0 bridgehead atoms. The molecule has 0 fully saturated rings. The summed E-state index contributed by atoms with van der Waals surface area (Å²) in [6.07, 6.45) is 0.778. The molecule has 1 aromatic heterocycles. The van der Waals surface area contributed by atoms with E-state index in [-0.39, 0.29) is 0 Å². The van der Waals surface area contributed by atoms with Gasteiger partial charge in [-0.15, -0.1) is 0 Å². The van der Waals surface area contributed by atoms with E-state index in [1.807, 2.05) is 0 Å². The second-order valence-corrected chi connectivity index (χ2v) is 6.12. The zero-order valence-corrected chi connectivity index (χ0v) is 11.2. The van der Waals surface area contributed by atoms with Crippen molar-refractivity contribution in [1.29, 1.82) is 0 Å². The molecule has 2 aromatic rings. The molecule has 0 aliphatic heterocycles. The molecule has 2 rings (SSSR count). The van der Waals surface area contributed by atoms with Gasteiger partial charge in [-0.3, -0.25) is 0 Å². The summed E-state index contributed by atoms with van der Waals surface area (Å²) in [6, 6.07) is -0.511. The molecule has 110 valence electrons. The highest BCUT2D eigenvalue weighted by molar-refractivity contribution is 7.89. The fourth-order valence-electron chi connectivity index (χ4n) is 1.79. The van der Waals surface area contributed by atoms with E-state index >= 15 is 0 Å². The third-order valence-electron chi connectivity index (χ3n) is 2.54. The average Bonchev–Trinajstić information content (AvgIpc) is 2.77. The summed E-state index contributed by atoms with van der Waals surface area (Å²) in [4.78, 5) is 1.42. The molecular formula is C11H10F4N2O2S. The van der Waals surface area contributed by atoms with Crippen LogP contribution in [0.1, 0.15) is 13.8 Å². The van der Waals surface area contributed by atoms with E-state index in [0.717, 1.165) is 6.20 Å². The number of aromatic amines is 1. The number of hydrogen-bond acceptors (Lipinski definition) is 2. The first-order chi connectivity index (χ1) is 9.16. The first-order valence-corrected chi connectivity index (χ1v) is 7.00. The van der Waals surface area contributed by atoms with Crippen LogP contribution in [0.4, 0.5) is 17.6 Å². The second-order valence-electron chi connectivity index (χ2n) is 4.43. The molecule has 1 heterocycles. The van der Waals surface area contributed by atoms with Gasteiger partial charge >= 0.3 is 0 Å². The average molecular weight is 310 g/mol. The standard InChI is InChI=1S/C11H10F4N2O2S/c1-4(2)17-20(18,19)5-3-16-11-6(5)7(12)8(13)9(14)10(11)15/h3-4,16-17H,1-2H3. The minimum absolute atomic E-state index is 0.511. The van der Waals surface area contributed by atoms with Crippen molar-refractivity contribution < 1.29 is 26.0 Å². The Hall–Kier alpha value is -1.61. The third kappa shape index (κ3) is 2.16. The number of sulfonamides is 1. The number of rotatable bonds is 3. The SMILES string of the molecule is CC(C)NS(=O)(=O)c1c[nH]c2c(F)c(F)c(F)c(F)c12. The van der Waals surface area contributed by atoms with Crippen molar-refractivity contribution in [2.75, 3.05) is 0 Å². The topological polar surface area (TPSA) is 62.0 Å². The molecule has 1 aromatic carbocycles. The van der Waals surface area contributed by atoms with Crippen LogP contribution < -0.4 is 4.72 Å². The van der Waals surface area contributed by atoms with Crippen LogP contribution in [0.5, 0.6) is 0 Å². The maximum atomic E-state index is 13.7. The summed E-state index contributed by atoms with van der Waals surface area (Å²) in [7, 11) is -4.19. The Morgan fingerprint density at radius 2 is 1.60 bits per heavy atom. The van der Waals surface area contributed by atoms with Gasteiger partial charge < -0.3 is 4.98 Å². The van der Waals surface area contributed by atoms with E-state index in [1.165, 1.54) is 13.8 Å². The first-order valence-electron chi connectivity index (χ1n) is 5.52. The van der Waals surface area contributed by atoms with Gasteiger partial charge in [0.2, 0.25) is 10.0 Å². The molecule has 0 saturated carbocycles. The summed E-state index contributed by atoms with van der Waals surface area (Å²) in [5, 5.41) is -0.852. The Balaban J connectivity index is 2.82. The minimum Gasteiger partial charge on any atom is -0.357 e. The van der Waals surface area contributed by atoms with E-state index in [9.17, 15) is 26.0 Å². The molecule has 20 heavy (non-hydrogen) atoms. The van der Waals surface area contributed by atoms with E-state index in [4.69, 9.17) is 0 Å². The zero-order valence-electron chi connectivity index (χ0n) is 10.4. The first kappa shape index (κ1) is 14.8. The Kier molecular flexibility index (Phi) is 3.51. The third-order valence-corrected chi connectivity index (χ3v) is 4.22. The Bertz CT molecular complexity index is 784. The van der Waals surface area contributed by atoms with E-state index in [0.29, 0.717) is 0 Å². The van der Waals surface area contributed by atoms with Crippen molar-refractivity contribution in [1.82, 2.24) is 9.71 Å². The predicted octanol–water partition coefficient (Wildman–Crippen LogP) is 2.41. The largest absolute Gasteiger partial charge is 0.357 e. The smallest absolute Gasteiger partial charge is 0.243 e. The summed E-state index contributed by atoms with van der Waals surface area (Å²) < 4.78 is 79.5. The molecule has 0 amide bonds. The number of fused-ring (bicyclic) bond motifs is 1. The van der Waals surface area contributed by atoms with Gasteiger partial charge in [0.05, 0.1) is 10.9 Å². The Morgan fingerprint density at radius 3 is 2.15 bits per heavy atom. The van der Waals surface area contributed by atoms with Crippen LogP contribution in [0.25, 0.3) is 10.9 Å². The Labute approximate surface area is 111 Å². The van der Waals surface area contributed by atoms with Gasteiger partial charge in [0, 0.05) is 12.2 Å². The van der Waals surface area contributed by atoms with Crippen molar-refractivity contribution in [3.63, 3.8) is 0 Å². The van der Waals surface area contributed by atoms with Gasteiger partial charge in [-0.05, 0) is 13.8 Å². The summed E-state index contributed by atoms with van der Waals surface area (Å²) in [5.74, 6) is -7.50. The molecule has 0 unspecified atom stereocenters. The summed E-state index contributed by atoms with van der Waals surface area (Å²) in [5.41, 5.74) is -0.745. The van der Waals surface area contributed by atoms with Gasteiger partial charge in [0.15, 0.2) is 23.3 Å². The van der Waals surface area contributed by atoms with E-state index in [2.05, 4.69) is 9.71 Å². The lowest BCUT2D eigenvalue weighted by molar-refractivity contribution is 0.417. The molecule has 4 nitrogen and oxygen atoms in total. The van der Waals surface area contributed by atoms with Gasteiger partial charge in [-0.2, -0.15) is 0 Å². The number of H-pyrrole nitrogens is 1. The molecule has 0 radical (unpaired) electrons. The van der Waals surface area contributed by atoms with Gasteiger partial charge in [-0.25, -0.2) is 30.7 Å². The Morgan fingerprint density at radius 1 is 1.05 bits per heavy atom. The summed E-state index contributed by atoms with van der Waals surface area (Å²) in [6.45, 7) is 3.03. The van der Waals surface area contributed by atoms with Crippen LogP contribution in [-0.2, 0) is 10.0 Å². The highest BCUT2D eigenvalue weighted by Crippen LogP contribution is 2.31. The van der Waals surface area contributed by atoms with Crippen molar-refractivity contribution in [3.8, 4) is 0 Å². The number of halogens is 4. The van der Waals surface area contributed by atoms with Crippen LogP contribution >= 0.6 is 0 Å². The van der Waals surface area contributed by atoms with Crippen molar-refractivity contribution >= 4 is 20.9 Å². The van der Waals surface area contributed by atoms with Crippen molar-refractivity contribution in [2.45, 2.75) is 24.8 Å². The fourth-order valence-corrected chi connectivity index (χ4v) is 3.22. The molecule has 0 spiro atoms. The number of hydrogen-bond donors (Lipinski definition) is 2. The predicted molar refractivity (Wildman–Crippen MR) is 63.6 cm³/mol. The van der Waals surface area contributed by atoms with Gasteiger partial charge in [0.1, 0.15) is 4.90 Å². The highest BCUT2D eigenvalue weighted by atomic mass is 32.2. The minimum atomic E-state index is -4.19. The molecular weight excluding hydrogens is 300 g/mol.